The fraction of sp³-hybridized carbons (Fsp3) is 0.794. The Morgan fingerprint density at radius 1 is 1.11 bits per heavy atom. The van der Waals surface area contributed by atoms with E-state index < -0.39 is 35.0 Å². The highest BCUT2D eigenvalue weighted by Crippen LogP contribution is 2.70. The van der Waals surface area contributed by atoms with Crippen LogP contribution in [-0.4, -0.2) is 82.1 Å². The number of hydrogen-bond donors (Lipinski definition) is 6. The summed E-state index contributed by atoms with van der Waals surface area (Å²) in [6, 6.07) is -1.06. The van der Waals surface area contributed by atoms with Gasteiger partial charge in [0.2, 0.25) is 5.91 Å². The lowest BCUT2D eigenvalue weighted by Gasteiger charge is -2.63. The smallest absolute Gasteiger partial charge is 0.331 e. The van der Waals surface area contributed by atoms with E-state index in [9.17, 15) is 34.5 Å². The van der Waals surface area contributed by atoms with E-state index in [-0.39, 0.29) is 86.0 Å². The molecule has 0 radical (unpaired) electrons. The highest BCUT2D eigenvalue weighted by molar-refractivity contribution is 5.85. The van der Waals surface area contributed by atoms with Crippen molar-refractivity contribution in [2.24, 2.45) is 51.0 Å². The van der Waals surface area contributed by atoms with E-state index in [1.54, 1.807) is 0 Å². The number of esters is 2. The summed E-state index contributed by atoms with van der Waals surface area (Å²) >= 11 is 0. The largest absolute Gasteiger partial charge is 0.480 e. The van der Waals surface area contributed by atoms with Crippen LogP contribution in [0.3, 0.4) is 0 Å². The maximum absolute atomic E-state index is 12.7. The molecule has 0 spiro atoms. The average molecular weight is 661 g/mol. The molecule has 0 aromatic carbocycles. The SMILES string of the molecule is C[C@]12CC[C@H](OC(=O)CCCC(=O)N[C@@H](CCCN=C(N)N)C(=O)O)C[C@H]1CC[C@@H]1[C@@H]2CC[C@]2(C)[C@@H](C3=CC(=O)OC3)[C@@H](O)C[C@]12O. The van der Waals surface area contributed by atoms with Gasteiger partial charge in [-0.25, -0.2) is 9.59 Å². The molecule has 0 bridgehead atoms. The van der Waals surface area contributed by atoms with Crippen molar-refractivity contribution in [1.29, 1.82) is 0 Å². The lowest BCUT2D eigenvalue weighted by Crippen LogP contribution is -2.62. The van der Waals surface area contributed by atoms with E-state index >= 15 is 0 Å². The molecule has 47 heavy (non-hydrogen) atoms. The summed E-state index contributed by atoms with van der Waals surface area (Å²) in [7, 11) is 0. The monoisotopic (exact) mass is 660 g/mol. The number of carboxylic acids is 1. The molecule has 0 saturated heterocycles. The van der Waals surface area contributed by atoms with Crippen molar-refractivity contribution in [2.75, 3.05) is 13.2 Å². The number of aliphatic hydroxyl groups excluding tert-OH is 1. The van der Waals surface area contributed by atoms with Gasteiger partial charge in [0.1, 0.15) is 18.8 Å². The van der Waals surface area contributed by atoms with Crippen LogP contribution in [0, 0.1) is 34.5 Å². The summed E-state index contributed by atoms with van der Waals surface area (Å²) in [5, 5.41) is 35.6. The van der Waals surface area contributed by atoms with Gasteiger partial charge in [-0.3, -0.25) is 14.6 Å². The number of carbonyl (C=O) groups excluding carboxylic acids is 3. The molecule has 0 unspecified atom stereocenters. The standard InChI is InChI=1S/C34H52N4O9/c1-32-12-10-21(47-27(41)7-3-6-26(40)38-24(30(43)44)5-4-14-37-31(35)36)16-20(32)8-9-23-22(32)11-13-33(2)29(19-15-28(42)46-18-19)25(39)17-34(23,33)45/h15,20-25,29,39,45H,3-14,16-18H2,1-2H3,(H,38,40)(H,43,44)(H4,35,36,37)/t20-,21+,22+,23-,24+,25+,29+,32+,33-,34+/m1/s1. The van der Waals surface area contributed by atoms with E-state index in [1.807, 2.05) is 0 Å². The zero-order valence-electron chi connectivity index (χ0n) is 27.6. The van der Waals surface area contributed by atoms with Gasteiger partial charge in [-0.05, 0) is 93.0 Å². The number of aliphatic carboxylic acids is 1. The number of amides is 1. The first-order valence-electron chi connectivity index (χ1n) is 17.2. The lowest BCUT2D eigenvalue weighted by atomic mass is 9.43. The van der Waals surface area contributed by atoms with Crippen LogP contribution in [0.1, 0.15) is 97.3 Å². The second-order valence-corrected chi connectivity index (χ2v) is 15.1. The molecule has 262 valence electrons. The second kappa shape index (κ2) is 13.7. The third-order valence-corrected chi connectivity index (χ3v) is 12.6. The Balaban J connectivity index is 1.10. The van der Waals surface area contributed by atoms with Gasteiger partial charge in [-0.1, -0.05) is 13.8 Å². The van der Waals surface area contributed by atoms with Crippen LogP contribution in [-0.2, 0) is 28.7 Å². The van der Waals surface area contributed by atoms with Crippen molar-refractivity contribution in [3.63, 3.8) is 0 Å². The summed E-state index contributed by atoms with van der Waals surface area (Å²) in [6.07, 6.45) is 7.61. The number of carboxylic acid groups (broad SMARTS) is 1. The summed E-state index contributed by atoms with van der Waals surface area (Å²) in [5.74, 6) is -2.01. The van der Waals surface area contributed by atoms with Crippen molar-refractivity contribution in [1.82, 2.24) is 5.32 Å². The molecule has 1 heterocycles. The molecule has 13 heteroatoms. The summed E-state index contributed by atoms with van der Waals surface area (Å²) < 4.78 is 11.1. The molecule has 4 saturated carbocycles. The zero-order chi connectivity index (χ0) is 34.1. The van der Waals surface area contributed by atoms with E-state index in [2.05, 4.69) is 24.2 Å². The van der Waals surface area contributed by atoms with Gasteiger partial charge in [0.15, 0.2) is 5.96 Å². The molecule has 5 rings (SSSR count). The number of fused-ring (bicyclic) bond motifs is 5. The number of aliphatic imine (C=N–C) groups is 1. The Kier molecular flexibility index (Phi) is 10.3. The number of aliphatic hydroxyl groups is 2. The average Bonchev–Trinajstić information content (AvgIpc) is 3.50. The summed E-state index contributed by atoms with van der Waals surface area (Å²) in [5.41, 5.74) is 9.76. The number of carbonyl (C=O) groups is 4. The van der Waals surface area contributed by atoms with E-state index in [1.165, 1.54) is 6.08 Å². The van der Waals surface area contributed by atoms with Gasteiger partial charge in [0, 0.05) is 43.2 Å². The Bertz CT molecular complexity index is 1300. The van der Waals surface area contributed by atoms with Crippen molar-refractivity contribution in [2.45, 2.75) is 121 Å². The number of cyclic esters (lactones) is 1. The molecule has 5 aliphatic rings. The first kappa shape index (κ1) is 35.1. The number of ether oxygens (including phenoxy) is 2. The molecular formula is C34H52N4O9. The minimum Gasteiger partial charge on any atom is -0.480 e. The number of rotatable bonds is 12. The molecule has 4 aliphatic carbocycles. The van der Waals surface area contributed by atoms with Gasteiger partial charge >= 0.3 is 17.9 Å². The van der Waals surface area contributed by atoms with Crippen molar-refractivity contribution in [3.8, 4) is 0 Å². The third-order valence-electron chi connectivity index (χ3n) is 12.6. The van der Waals surface area contributed by atoms with Crippen molar-refractivity contribution < 1.29 is 44.0 Å². The molecule has 0 aromatic rings. The quantitative estimate of drug-likeness (QED) is 0.0768. The lowest BCUT2D eigenvalue weighted by molar-refractivity contribution is -0.210. The van der Waals surface area contributed by atoms with Crippen LogP contribution in [0.4, 0.5) is 0 Å². The Labute approximate surface area is 275 Å². The van der Waals surface area contributed by atoms with Crippen LogP contribution in [0.15, 0.2) is 16.6 Å². The van der Waals surface area contributed by atoms with E-state index in [0.29, 0.717) is 18.8 Å². The highest BCUT2D eigenvalue weighted by atomic mass is 16.5. The Morgan fingerprint density at radius 3 is 2.55 bits per heavy atom. The highest BCUT2D eigenvalue weighted by Gasteiger charge is 2.70. The number of hydrogen-bond acceptors (Lipinski definition) is 9. The van der Waals surface area contributed by atoms with Gasteiger partial charge in [0.05, 0.1) is 11.7 Å². The van der Waals surface area contributed by atoms with Crippen LogP contribution in [0.25, 0.3) is 0 Å². The Hall–Kier alpha value is -3.19. The number of nitrogens with two attached hydrogens (primary N) is 2. The summed E-state index contributed by atoms with van der Waals surface area (Å²) in [6.45, 7) is 4.86. The number of guanidine groups is 1. The van der Waals surface area contributed by atoms with E-state index in [0.717, 1.165) is 50.5 Å². The fourth-order valence-electron chi connectivity index (χ4n) is 10.2. The summed E-state index contributed by atoms with van der Waals surface area (Å²) in [4.78, 5) is 52.3. The van der Waals surface area contributed by atoms with E-state index in [4.69, 9.17) is 20.9 Å². The zero-order valence-corrected chi connectivity index (χ0v) is 27.6. The molecule has 4 fully saturated rings. The number of nitrogens with one attached hydrogen (secondary N) is 1. The van der Waals surface area contributed by atoms with Gasteiger partial charge in [-0.2, -0.15) is 0 Å². The molecule has 1 aliphatic heterocycles. The molecule has 1 amide bonds. The third kappa shape index (κ3) is 6.88. The first-order valence-corrected chi connectivity index (χ1v) is 17.2. The second-order valence-electron chi connectivity index (χ2n) is 15.1. The minimum absolute atomic E-state index is 0.0131. The molecule has 0 aromatic heterocycles. The predicted molar refractivity (Wildman–Crippen MR) is 170 cm³/mol. The molecular weight excluding hydrogens is 608 g/mol. The minimum atomic E-state index is -1.14. The van der Waals surface area contributed by atoms with Crippen molar-refractivity contribution >= 4 is 29.8 Å². The fourth-order valence-corrected chi connectivity index (χ4v) is 10.2. The van der Waals surface area contributed by atoms with Crippen LogP contribution >= 0.6 is 0 Å². The molecule has 13 nitrogen and oxygen atoms in total. The van der Waals surface area contributed by atoms with Gasteiger partial charge in [0.25, 0.3) is 0 Å². The maximum atomic E-state index is 12.7. The first-order chi connectivity index (χ1) is 22.2. The van der Waals surface area contributed by atoms with Crippen LogP contribution in [0.2, 0.25) is 0 Å². The van der Waals surface area contributed by atoms with Gasteiger partial charge in [-0.15, -0.1) is 0 Å². The van der Waals surface area contributed by atoms with Crippen molar-refractivity contribution in [3.05, 3.63) is 11.6 Å². The topological polar surface area (TPSA) is 224 Å². The molecule has 8 N–H and O–H groups in total. The predicted octanol–water partition coefficient (Wildman–Crippen LogP) is 1.92. The Morgan fingerprint density at radius 2 is 1.87 bits per heavy atom. The maximum Gasteiger partial charge on any atom is 0.331 e. The van der Waals surface area contributed by atoms with Gasteiger partial charge < -0.3 is 41.6 Å². The number of nitrogens with zero attached hydrogens (tertiary/aromatic N) is 1. The van der Waals surface area contributed by atoms with Crippen LogP contribution in [0.5, 0.6) is 0 Å². The molecule has 10 atom stereocenters. The van der Waals surface area contributed by atoms with Crippen LogP contribution < -0.4 is 16.8 Å². The normalized spacial score (nSPS) is 38.1.